The quantitative estimate of drug-likeness (QED) is 0.907. The highest BCUT2D eigenvalue weighted by Gasteiger charge is 2.41. The highest BCUT2D eigenvalue weighted by atomic mass is 16.2. The minimum Gasteiger partial charge on any atom is -0.335 e. The Morgan fingerprint density at radius 3 is 2.73 bits per heavy atom. The van der Waals surface area contributed by atoms with Crippen molar-refractivity contribution in [3.8, 4) is 0 Å². The number of nitrogens with one attached hydrogen (secondary N) is 1. The SMILES string of the molecule is CCc1nnc2n1CC1CCC(C2)N1C(=O)NC1CCCC1. The molecule has 2 amide bonds. The first kappa shape index (κ1) is 14.0. The van der Waals surface area contributed by atoms with Crippen LogP contribution in [0.15, 0.2) is 0 Å². The Kier molecular flexibility index (Phi) is 3.54. The average Bonchev–Trinajstić information content (AvgIpc) is 3.19. The van der Waals surface area contributed by atoms with Gasteiger partial charge in [0.15, 0.2) is 0 Å². The van der Waals surface area contributed by atoms with Gasteiger partial charge in [-0.3, -0.25) is 0 Å². The molecule has 1 aromatic heterocycles. The van der Waals surface area contributed by atoms with Crippen LogP contribution in [0.5, 0.6) is 0 Å². The van der Waals surface area contributed by atoms with Gasteiger partial charge in [0.25, 0.3) is 0 Å². The molecule has 2 aliphatic heterocycles. The fourth-order valence-corrected chi connectivity index (χ4v) is 4.41. The van der Waals surface area contributed by atoms with Gasteiger partial charge in [-0.25, -0.2) is 4.79 Å². The van der Waals surface area contributed by atoms with Crippen molar-refractivity contribution < 1.29 is 4.79 Å². The first-order valence-corrected chi connectivity index (χ1v) is 8.76. The third kappa shape index (κ3) is 2.29. The topological polar surface area (TPSA) is 63.1 Å². The summed E-state index contributed by atoms with van der Waals surface area (Å²) in [5.41, 5.74) is 0. The van der Waals surface area contributed by atoms with Gasteiger partial charge in [0.1, 0.15) is 11.6 Å². The van der Waals surface area contributed by atoms with Crippen LogP contribution >= 0.6 is 0 Å². The van der Waals surface area contributed by atoms with Crippen LogP contribution in [-0.2, 0) is 19.4 Å². The highest BCUT2D eigenvalue weighted by molar-refractivity contribution is 5.75. The lowest BCUT2D eigenvalue weighted by Gasteiger charge is -2.29. The number of fused-ring (bicyclic) bond motifs is 3. The smallest absolute Gasteiger partial charge is 0.318 e. The summed E-state index contributed by atoms with van der Waals surface area (Å²) in [6.45, 7) is 2.98. The normalized spacial score (nSPS) is 27.8. The van der Waals surface area contributed by atoms with Crippen molar-refractivity contribution >= 4 is 6.03 Å². The standard InChI is InChI=1S/C16H25N5O/c1-2-14-18-19-15-9-12-7-8-13(10-20(14)15)21(12)16(22)17-11-5-3-4-6-11/h11-13H,2-10H2,1H3,(H,17,22). The molecule has 2 bridgehead atoms. The summed E-state index contributed by atoms with van der Waals surface area (Å²) in [5.74, 6) is 2.11. The largest absolute Gasteiger partial charge is 0.335 e. The maximum absolute atomic E-state index is 12.8. The van der Waals surface area contributed by atoms with Crippen LogP contribution in [0.3, 0.4) is 0 Å². The van der Waals surface area contributed by atoms with Crippen molar-refractivity contribution in [2.45, 2.75) is 83.0 Å². The van der Waals surface area contributed by atoms with Crippen molar-refractivity contribution in [1.82, 2.24) is 25.0 Å². The van der Waals surface area contributed by atoms with Gasteiger partial charge in [0, 0.05) is 31.5 Å². The Bertz CT molecular complexity index is 563. The zero-order valence-electron chi connectivity index (χ0n) is 13.3. The fraction of sp³-hybridized carbons (Fsp3) is 0.812. The summed E-state index contributed by atoms with van der Waals surface area (Å²) in [4.78, 5) is 14.9. The number of hydrogen-bond acceptors (Lipinski definition) is 3. The van der Waals surface area contributed by atoms with E-state index in [4.69, 9.17) is 0 Å². The molecule has 22 heavy (non-hydrogen) atoms. The van der Waals surface area contributed by atoms with Crippen LogP contribution in [0.2, 0.25) is 0 Å². The van der Waals surface area contributed by atoms with Gasteiger partial charge < -0.3 is 14.8 Å². The molecule has 1 saturated carbocycles. The zero-order valence-corrected chi connectivity index (χ0v) is 13.3. The van der Waals surface area contributed by atoms with E-state index in [1.54, 1.807) is 0 Å². The van der Waals surface area contributed by atoms with Crippen LogP contribution in [0.1, 0.15) is 57.1 Å². The van der Waals surface area contributed by atoms with Crippen molar-refractivity contribution in [3.63, 3.8) is 0 Å². The van der Waals surface area contributed by atoms with E-state index in [2.05, 4.69) is 31.9 Å². The molecule has 0 radical (unpaired) electrons. The molecule has 120 valence electrons. The van der Waals surface area contributed by atoms with Gasteiger partial charge in [-0.2, -0.15) is 0 Å². The number of aromatic nitrogens is 3. The summed E-state index contributed by atoms with van der Waals surface area (Å²) in [7, 11) is 0. The van der Waals surface area contributed by atoms with Gasteiger partial charge >= 0.3 is 6.03 Å². The second-order valence-corrected chi connectivity index (χ2v) is 6.92. The Labute approximate surface area is 131 Å². The summed E-state index contributed by atoms with van der Waals surface area (Å²) in [6.07, 6.45) is 8.72. The van der Waals surface area contributed by atoms with Crippen molar-refractivity contribution in [2.75, 3.05) is 0 Å². The molecule has 1 saturated heterocycles. The molecule has 1 N–H and O–H groups in total. The number of carbonyl (C=O) groups is 1. The summed E-state index contributed by atoms with van der Waals surface area (Å²) >= 11 is 0. The first-order valence-electron chi connectivity index (χ1n) is 8.76. The number of carbonyl (C=O) groups excluding carboxylic acids is 1. The minimum atomic E-state index is 0.149. The van der Waals surface area contributed by atoms with Crippen LogP contribution in [0.25, 0.3) is 0 Å². The third-order valence-electron chi connectivity index (χ3n) is 5.57. The number of nitrogens with zero attached hydrogens (tertiary/aromatic N) is 4. The molecule has 1 aliphatic carbocycles. The van der Waals surface area contributed by atoms with E-state index in [9.17, 15) is 4.79 Å². The molecular formula is C16H25N5O. The lowest BCUT2D eigenvalue weighted by atomic mass is 10.1. The average molecular weight is 303 g/mol. The molecule has 2 fully saturated rings. The van der Waals surface area contributed by atoms with Crippen molar-refractivity contribution in [3.05, 3.63) is 11.6 Å². The second kappa shape index (κ2) is 5.56. The van der Waals surface area contributed by atoms with Crippen molar-refractivity contribution in [2.24, 2.45) is 0 Å². The van der Waals surface area contributed by atoms with Crippen LogP contribution in [0.4, 0.5) is 4.79 Å². The summed E-state index contributed by atoms with van der Waals surface area (Å²) in [5, 5.41) is 11.9. The van der Waals surface area contributed by atoms with E-state index < -0.39 is 0 Å². The maximum atomic E-state index is 12.8. The van der Waals surface area contributed by atoms with Crippen LogP contribution < -0.4 is 5.32 Å². The Morgan fingerprint density at radius 1 is 1.18 bits per heavy atom. The number of hydrogen-bond donors (Lipinski definition) is 1. The Balaban J connectivity index is 1.53. The van der Waals surface area contributed by atoms with E-state index in [1.807, 2.05) is 0 Å². The van der Waals surface area contributed by atoms with Gasteiger partial charge in [0.05, 0.1) is 6.04 Å². The molecular weight excluding hydrogens is 278 g/mol. The molecule has 3 aliphatic rings. The lowest BCUT2D eigenvalue weighted by molar-refractivity contribution is 0.167. The molecule has 0 aromatic carbocycles. The first-order chi connectivity index (χ1) is 10.8. The van der Waals surface area contributed by atoms with Crippen molar-refractivity contribution in [1.29, 1.82) is 0 Å². The van der Waals surface area contributed by atoms with E-state index in [0.29, 0.717) is 18.1 Å². The number of aryl methyl sites for hydroxylation is 1. The number of urea groups is 1. The Morgan fingerprint density at radius 2 is 1.95 bits per heavy atom. The highest BCUT2D eigenvalue weighted by Crippen LogP contribution is 2.32. The molecule has 0 spiro atoms. The predicted octanol–water partition coefficient (Wildman–Crippen LogP) is 1.88. The van der Waals surface area contributed by atoms with Crippen LogP contribution in [-0.4, -0.2) is 43.8 Å². The molecule has 3 heterocycles. The minimum absolute atomic E-state index is 0.149. The molecule has 4 rings (SSSR count). The Hall–Kier alpha value is -1.59. The predicted molar refractivity (Wildman–Crippen MR) is 82.5 cm³/mol. The zero-order chi connectivity index (χ0) is 15.1. The summed E-state index contributed by atoms with van der Waals surface area (Å²) < 4.78 is 2.25. The molecule has 6 nitrogen and oxygen atoms in total. The van der Waals surface area contributed by atoms with E-state index >= 15 is 0 Å². The monoisotopic (exact) mass is 303 g/mol. The molecule has 2 atom stereocenters. The van der Waals surface area contributed by atoms with E-state index in [1.165, 1.54) is 12.8 Å². The van der Waals surface area contributed by atoms with Gasteiger partial charge in [-0.05, 0) is 25.7 Å². The molecule has 1 aromatic rings. The van der Waals surface area contributed by atoms with Crippen LogP contribution in [0, 0.1) is 0 Å². The summed E-state index contributed by atoms with van der Waals surface area (Å²) in [6, 6.07) is 1.13. The lowest BCUT2D eigenvalue weighted by Crippen LogP contribution is -2.50. The number of rotatable bonds is 2. The maximum Gasteiger partial charge on any atom is 0.318 e. The van der Waals surface area contributed by atoms with E-state index in [0.717, 1.165) is 56.7 Å². The second-order valence-electron chi connectivity index (χ2n) is 6.92. The van der Waals surface area contributed by atoms with Gasteiger partial charge in [0.2, 0.25) is 0 Å². The van der Waals surface area contributed by atoms with E-state index in [-0.39, 0.29) is 6.03 Å². The van der Waals surface area contributed by atoms with Gasteiger partial charge in [-0.15, -0.1) is 10.2 Å². The molecule has 6 heteroatoms. The van der Waals surface area contributed by atoms with Gasteiger partial charge in [-0.1, -0.05) is 19.8 Å². The molecule has 2 unspecified atom stereocenters. The third-order valence-corrected chi connectivity index (χ3v) is 5.57. The fourth-order valence-electron chi connectivity index (χ4n) is 4.41. The number of amides is 2.